The number of hydrogen-bond donors (Lipinski definition) is 4. The van der Waals surface area contributed by atoms with E-state index in [4.69, 9.17) is 9.79 Å². The van der Waals surface area contributed by atoms with Crippen molar-refractivity contribution in [1.29, 1.82) is 0 Å². The van der Waals surface area contributed by atoms with Crippen LogP contribution in [0.15, 0.2) is 12.7 Å². The van der Waals surface area contributed by atoms with Gasteiger partial charge in [0, 0.05) is 0 Å². The molecule has 0 aromatic heterocycles. The Morgan fingerprint density at radius 1 is 1.67 bits per heavy atom. The Hall–Kier alpha value is -0.680. The zero-order valence-electron chi connectivity index (χ0n) is 8.22. The van der Waals surface area contributed by atoms with Crippen molar-refractivity contribution in [1.82, 2.24) is 10.6 Å². The van der Waals surface area contributed by atoms with Crippen molar-refractivity contribution in [3.63, 3.8) is 0 Å². The molecule has 15 heavy (non-hydrogen) atoms. The number of amides is 1. The van der Waals surface area contributed by atoms with Crippen molar-refractivity contribution < 1.29 is 19.1 Å². The number of nitrogens with one attached hydrogen (secondary N) is 2. The highest BCUT2D eigenvalue weighted by atomic mass is 31.2. The minimum atomic E-state index is -4.35. The quantitative estimate of drug-likeness (QED) is 0.390. The molecule has 0 aliphatic carbocycles. The second-order valence-electron chi connectivity index (χ2n) is 3.43. The molecule has 7 heteroatoms. The molecule has 1 unspecified atom stereocenters. The van der Waals surface area contributed by atoms with Gasteiger partial charge in [-0.3, -0.25) is 9.36 Å². The largest absolute Gasteiger partial charge is 0.351 e. The fourth-order valence-electron chi connectivity index (χ4n) is 1.44. The first-order chi connectivity index (χ1) is 6.95. The van der Waals surface area contributed by atoms with E-state index in [2.05, 4.69) is 17.2 Å². The minimum absolute atomic E-state index is 0.348. The topological polar surface area (TPSA) is 98.7 Å². The predicted molar refractivity (Wildman–Crippen MR) is 55.2 cm³/mol. The average Bonchev–Trinajstić information content (AvgIpc) is 2.64. The molecule has 6 nitrogen and oxygen atoms in total. The summed E-state index contributed by atoms with van der Waals surface area (Å²) in [6.45, 7) is 4.04. The maximum absolute atomic E-state index is 11.5. The van der Waals surface area contributed by atoms with Crippen LogP contribution in [0.5, 0.6) is 0 Å². The van der Waals surface area contributed by atoms with Crippen LogP contribution in [0.4, 0.5) is 0 Å². The number of carbonyl (C=O) groups is 1. The summed E-state index contributed by atoms with van der Waals surface area (Å²) < 4.78 is 10.9. The van der Waals surface area contributed by atoms with E-state index in [1.165, 1.54) is 0 Å². The van der Waals surface area contributed by atoms with Gasteiger partial charge in [-0.05, 0) is 19.4 Å². The maximum Gasteiger partial charge on any atom is 0.351 e. The SMILES string of the molecule is C=CC(NC(=O)[C@@H]1CCCN1)P(=O)(O)O. The zero-order chi connectivity index (χ0) is 11.5. The van der Waals surface area contributed by atoms with Gasteiger partial charge >= 0.3 is 7.60 Å². The molecule has 1 fully saturated rings. The monoisotopic (exact) mass is 234 g/mol. The summed E-state index contributed by atoms with van der Waals surface area (Å²) in [6.07, 6.45) is 2.64. The summed E-state index contributed by atoms with van der Waals surface area (Å²) in [5, 5.41) is 5.20. The minimum Gasteiger partial charge on any atom is -0.338 e. The Bertz CT molecular complexity index is 295. The van der Waals surface area contributed by atoms with E-state index in [0.29, 0.717) is 6.42 Å². The fourth-order valence-corrected chi connectivity index (χ4v) is 2.01. The average molecular weight is 234 g/mol. The summed E-state index contributed by atoms with van der Waals surface area (Å²) in [6, 6.07) is -0.348. The normalized spacial score (nSPS) is 23.5. The van der Waals surface area contributed by atoms with Crippen LogP contribution in [0.2, 0.25) is 0 Å². The molecule has 0 saturated carbocycles. The lowest BCUT2D eigenvalue weighted by Gasteiger charge is -2.18. The molecule has 1 heterocycles. The fraction of sp³-hybridized carbons (Fsp3) is 0.625. The number of rotatable bonds is 4. The van der Waals surface area contributed by atoms with E-state index in [1.807, 2.05) is 0 Å². The molecular formula is C8H15N2O4P. The third kappa shape index (κ3) is 3.43. The molecule has 0 radical (unpaired) electrons. The molecule has 1 aliphatic heterocycles. The van der Waals surface area contributed by atoms with E-state index >= 15 is 0 Å². The third-order valence-corrected chi connectivity index (χ3v) is 3.32. The molecule has 1 rings (SSSR count). The summed E-state index contributed by atoms with van der Waals surface area (Å²) in [7, 11) is -4.35. The molecule has 86 valence electrons. The Kier molecular flexibility index (Phi) is 4.04. The van der Waals surface area contributed by atoms with Gasteiger partial charge in [-0.25, -0.2) is 0 Å². The van der Waals surface area contributed by atoms with Gasteiger partial charge in [0.05, 0.1) is 6.04 Å². The highest BCUT2D eigenvalue weighted by Gasteiger charge is 2.30. The van der Waals surface area contributed by atoms with Gasteiger partial charge in [0.1, 0.15) is 5.78 Å². The van der Waals surface area contributed by atoms with E-state index in [1.54, 1.807) is 0 Å². The molecule has 0 aromatic carbocycles. The van der Waals surface area contributed by atoms with Crippen LogP contribution >= 0.6 is 7.60 Å². The molecule has 1 aliphatic rings. The third-order valence-electron chi connectivity index (χ3n) is 2.25. The highest BCUT2D eigenvalue weighted by Crippen LogP contribution is 2.40. The highest BCUT2D eigenvalue weighted by molar-refractivity contribution is 7.52. The van der Waals surface area contributed by atoms with Gasteiger partial charge < -0.3 is 20.4 Å². The molecule has 2 atom stereocenters. The first kappa shape index (κ1) is 12.4. The maximum atomic E-state index is 11.5. The van der Waals surface area contributed by atoms with Crippen molar-refractivity contribution in [3.8, 4) is 0 Å². The summed E-state index contributed by atoms with van der Waals surface area (Å²) in [4.78, 5) is 29.2. The summed E-state index contributed by atoms with van der Waals surface area (Å²) >= 11 is 0. The molecule has 0 spiro atoms. The lowest BCUT2D eigenvalue weighted by molar-refractivity contribution is -0.122. The Balaban J connectivity index is 2.55. The van der Waals surface area contributed by atoms with Crippen LogP contribution in [0, 0.1) is 0 Å². The van der Waals surface area contributed by atoms with Crippen molar-refractivity contribution >= 4 is 13.5 Å². The first-order valence-corrected chi connectivity index (χ1v) is 6.35. The zero-order valence-corrected chi connectivity index (χ0v) is 9.11. The van der Waals surface area contributed by atoms with Crippen LogP contribution < -0.4 is 10.6 Å². The lowest BCUT2D eigenvalue weighted by atomic mass is 10.2. The predicted octanol–water partition coefficient (Wildman–Crippen LogP) is -0.456. The van der Waals surface area contributed by atoms with Crippen LogP contribution in [-0.2, 0) is 9.36 Å². The Morgan fingerprint density at radius 3 is 2.73 bits per heavy atom. The van der Waals surface area contributed by atoms with Gasteiger partial charge in [0.25, 0.3) is 0 Å². The lowest BCUT2D eigenvalue weighted by Crippen LogP contribution is -2.44. The smallest absolute Gasteiger partial charge is 0.338 e. The van der Waals surface area contributed by atoms with Crippen molar-refractivity contribution in [2.45, 2.75) is 24.7 Å². The molecular weight excluding hydrogens is 219 g/mol. The van der Waals surface area contributed by atoms with Crippen molar-refractivity contribution in [3.05, 3.63) is 12.7 Å². The van der Waals surface area contributed by atoms with Crippen LogP contribution in [0.3, 0.4) is 0 Å². The van der Waals surface area contributed by atoms with Gasteiger partial charge in [0.15, 0.2) is 0 Å². The standard InChI is InChI=1S/C8H15N2O4P/c1-2-7(15(12,13)14)10-8(11)6-4-3-5-9-6/h2,6-7,9H,1,3-5H2,(H,10,11)(H2,12,13,14)/t6-,7?/m0/s1. The van der Waals surface area contributed by atoms with Crippen molar-refractivity contribution in [2.24, 2.45) is 0 Å². The van der Waals surface area contributed by atoms with Crippen LogP contribution in [0.1, 0.15) is 12.8 Å². The second-order valence-corrected chi connectivity index (χ2v) is 5.16. The second kappa shape index (κ2) is 4.90. The van der Waals surface area contributed by atoms with E-state index in [9.17, 15) is 9.36 Å². The van der Waals surface area contributed by atoms with E-state index in [-0.39, 0.29) is 11.9 Å². The van der Waals surface area contributed by atoms with Crippen molar-refractivity contribution in [2.75, 3.05) is 6.54 Å². The summed E-state index contributed by atoms with van der Waals surface area (Å²) in [5.41, 5.74) is 0. The number of carbonyl (C=O) groups excluding carboxylic acids is 1. The Morgan fingerprint density at radius 2 is 2.33 bits per heavy atom. The van der Waals surface area contributed by atoms with E-state index < -0.39 is 13.4 Å². The molecule has 1 saturated heterocycles. The summed E-state index contributed by atoms with van der Waals surface area (Å²) in [5.74, 6) is -1.69. The Labute approximate surface area is 87.9 Å². The van der Waals surface area contributed by atoms with Gasteiger partial charge in [-0.1, -0.05) is 6.08 Å². The molecule has 4 N–H and O–H groups in total. The molecule has 1 amide bonds. The van der Waals surface area contributed by atoms with Gasteiger partial charge in [-0.15, -0.1) is 6.58 Å². The first-order valence-electron chi connectivity index (χ1n) is 4.66. The molecule has 0 aromatic rings. The van der Waals surface area contributed by atoms with Gasteiger partial charge in [0.2, 0.25) is 5.91 Å². The van der Waals surface area contributed by atoms with Crippen LogP contribution in [-0.4, -0.2) is 34.1 Å². The van der Waals surface area contributed by atoms with E-state index in [0.717, 1.165) is 19.0 Å². The van der Waals surface area contributed by atoms with Crippen LogP contribution in [0.25, 0.3) is 0 Å². The van der Waals surface area contributed by atoms with Gasteiger partial charge in [-0.2, -0.15) is 0 Å². The molecule has 0 bridgehead atoms. The number of hydrogen-bond acceptors (Lipinski definition) is 3.